The molecule has 29 heavy (non-hydrogen) atoms. The van der Waals surface area contributed by atoms with Crippen LogP contribution in [0.25, 0.3) is 0 Å². The highest BCUT2D eigenvalue weighted by molar-refractivity contribution is 14.0. The summed E-state index contributed by atoms with van der Waals surface area (Å²) in [6, 6.07) is 8.13. The minimum atomic E-state index is 0. The van der Waals surface area contributed by atoms with Crippen molar-refractivity contribution in [1.29, 1.82) is 0 Å². The fourth-order valence-electron chi connectivity index (χ4n) is 3.45. The molecule has 1 fully saturated rings. The van der Waals surface area contributed by atoms with Gasteiger partial charge in [-0.05, 0) is 58.0 Å². The van der Waals surface area contributed by atoms with Gasteiger partial charge in [-0.3, -0.25) is 4.90 Å². The van der Waals surface area contributed by atoms with Crippen molar-refractivity contribution in [3.05, 3.63) is 48.0 Å². The Balaban J connectivity index is 0.00000300. The summed E-state index contributed by atoms with van der Waals surface area (Å²) < 4.78 is 11.3. The number of hydrogen-bond donors (Lipinski definition) is 2. The van der Waals surface area contributed by atoms with E-state index in [1.54, 1.807) is 12.5 Å². The lowest BCUT2D eigenvalue weighted by atomic mass is 10.2. The van der Waals surface area contributed by atoms with Crippen molar-refractivity contribution < 1.29 is 9.15 Å². The summed E-state index contributed by atoms with van der Waals surface area (Å²) in [6.07, 6.45) is 5.97. The second kappa shape index (κ2) is 12.7. The van der Waals surface area contributed by atoms with E-state index in [1.807, 2.05) is 25.1 Å². The highest BCUT2D eigenvalue weighted by Crippen LogP contribution is 2.24. The zero-order valence-electron chi connectivity index (χ0n) is 17.3. The summed E-state index contributed by atoms with van der Waals surface area (Å²) in [7, 11) is 0. The summed E-state index contributed by atoms with van der Waals surface area (Å²) in [5.41, 5.74) is 0.976. The number of nitrogens with zero attached hydrogens (tertiary/aromatic N) is 3. The lowest BCUT2D eigenvalue weighted by Gasteiger charge is -2.26. The van der Waals surface area contributed by atoms with E-state index in [9.17, 15) is 0 Å². The third-order valence-electron chi connectivity index (χ3n) is 4.80. The van der Waals surface area contributed by atoms with Gasteiger partial charge in [0.05, 0.1) is 25.5 Å². The first kappa shape index (κ1) is 23.5. The zero-order valence-corrected chi connectivity index (χ0v) is 19.6. The number of pyridine rings is 1. The molecule has 0 aliphatic carbocycles. The molecule has 7 nitrogen and oxygen atoms in total. The van der Waals surface area contributed by atoms with Crippen molar-refractivity contribution in [3.8, 4) is 5.88 Å². The van der Waals surface area contributed by atoms with E-state index in [-0.39, 0.29) is 30.0 Å². The van der Waals surface area contributed by atoms with Crippen LogP contribution in [0.3, 0.4) is 0 Å². The van der Waals surface area contributed by atoms with Crippen molar-refractivity contribution in [1.82, 2.24) is 20.5 Å². The van der Waals surface area contributed by atoms with Crippen LogP contribution in [0.4, 0.5) is 0 Å². The Morgan fingerprint density at radius 3 is 2.76 bits per heavy atom. The predicted molar refractivity (Wildman–Crippen MR) is 126 cm³/mol. The second-order valence-electron chi connectivity index (χ2n) is 6.75. The molecule has 0 amide bonds. The summed E-state index contributed by atoms with van der Waals surface area (Å²) in [5.74, 6) is 2.43. The molecule has 2 aromatic heterocycles. The Labute approximate surface area is 190 Å². The number of likely N-dealkylation sites (tertiary alicyclic amines) is 1. The molecule has 1 saturated heterocycles. The average Bonchev–Trinajstić information content (AvgIpc) is 3.42. The molecule has 1 aliphatic rings. The standard InChI is InChI=1S/C21H31N5O2.HI/c1-3-22-21(24-15-17-9-7-11-23-20(17)27-4-2)25-16-18(19-10-8-14-28-19)26-12-5-6-13-26;/h7-11,14,18H,3-6,12-13,15-16H2,1-2H3,(H2,22,24,25);1H. The first-order chi connectivity index (χ1) is 13.8. The molecule has 0 spiro atoms. The topological polar surface area (TPSA) is 74.9 Å². The van der Waals surface area contributed by atoms with Crippen LogP contribution < -0.4 is 15.4 Å². The summed E-state index contributed by atoms with van der Waals surface area (Å²) >= 11 is 0. The molecule has 8 heteroatoms. The van der Waals surface area contributed by atoms with Crippen molar-refractivity contribution in [2.75, 3.05) is 32.8 Å². The molecule has 0 saturated carbocycles. The molecule has 0 bridgehead atoms. The lowest BCUT2D eigenvalue weighted by Crippen LogP contribution is -2.42. The number of halogens is 1. The quantitative estimate of drug-likeness (QED) is 0.304. The molecule has 3 heterocycles. The molecule has 1 unspecified atom stereocenters. The molecule has 0 radical (unpaired) electrons. The molecule has 2 aromatic rings. The Hall–Kier alpha value is -1.81. The van der Waals surface area contributed by atoms with Gasteiger partial charge in [0.25, 0.3) is 0 Å². The van der Waals surface area contributed by atoms with Crippen LogP contribution in [-0.2, 0) is 6.54 Å². The molecular weight excluding hydrogens is 481 g/mol. The summed E-state index contributed by atoms with van der Waals surface area (Å²) in [5, 5.41) is 6.81. The number of rotatable bonds is 9. The van der Waals surface area contributed by atoms with Gasteiger partial charge in [0, 0.05) is 24.8 Å². The Morgan fingerprint density at radius 2 is 2.07 bits per heavy atom. The third-order valence-corrected chi connectivity index (χ3v) is 4.80. The van der Waals surface area contributed by atoms with Gasteiger partial charge in [-0.2, -0.15) is 0 Å². The number of furan rings is 1. The molecule has 1 atom stereocenters. The number of nitrogens with one attached hydrogen (secondary N) is 2. The fraction of sp³-hybridized carbons (Fsp3) is 0.524. The highest BCUT2D eigenvalue weighted by Gasteiger charge is 2.25. The predicted octanol–water partition coefficient (Wildman–Crippen LogP) is 3.58. The van der Waals surface area contributed by atoms with Crippen LogP contribution in [-0.4, -0.2) is 48.6 Å². The zero-order chi connectivity index (χ0) is 19.6. The Morgan fingerprint density at radius 1 is 1.24 bits per heavy atom. The molecule has 160 valence electrons. The molecule has 1 aliphatic heterocycles. The van der Waals surface area contributed by atoms with Crippen LogP contribution in [0, 0.1) is 0 Å². The first-order valence-corrected chi connectivity index (χ1v) is 10.2. The Bertz CT molecular complexity index is 732. The van der Waals surface area contributed by atoms with E-state index < -0.39 is 0 Å². The Kier molecular flexibility index (Phi) is 10.3. The number of hydrogen-bond acceptors (Lipinski definition) is 5. The minimum Gasteiger partial charge on any atom is -0.478 e. The van der Waals surface area contributed by atoms with Crippen molar-refractivity contribution >= 4 is 29.9 Å². The van der Waals surface area contributed by atoms with Gasteiger partial charge < -0.3 is 19.8 Å². The highest BCUT2D eigenvalue weighted by atomic mass is 127. The van der Waals surface area contributed by atoms with Crippen LogP contribution in [0.5, 0.6) is 5.88 Å². The van der Waals surface area contributed by atoms with Crippen LogP contribution in [0.1, 0.15) is 44.1 Å². The maximum absolute atomic E-state index is 5.71. The largest absolute Gasteiger partial charge is 0.478 e. The van der Waals surface area contributed by atoms with Crippen molar-refractivity contribution in [3.63, 3.8) is 0 Å². The van der Waals surface area contributed by atoms with Gasteiger partial charge in [-0.25, -0.2) is 9.98 Å². The minimum absolute atomic E-state index is 0. The van der Waals surface area contributed by atoms with Crippen LogP contribution in [0.15, 0.2) is 46.1 Å². The van der Waals surface area contributed by atoms with Gasteiger partial charge in [-0.1, -0.05) is 6.07 Å². The lowest BCUT2D eigenvalue weighted by molar-refractivity contribution is 0.215. The summed E-state index contributed by atoms with van der Waals surface area (Å²) in [6.45, 7) is 8.87. The fourth-order valence-corrected chi connectivity index (χ4v) is 3.45. The number of aromatic nitrogens is 1. The second-order valence-corrected chi connectivity index (χ2v) is 6.75. The van der Waals surface area contributed by atoms with Crippen molar-refractivity contribution in [2.45, 2.75) is 39.3 Å². The van der Waals surface area contributed by atoms with Gasteiger partial charge in [0.1, 0.15) is 5.76 Å². The van der Waals surface area contributed by atoms with Gasteiger partial charge in [0.15, 0.2) is 5.96 Å². The molecule has 0 aromatic carbocycles. The monoisotopic (exact) mass is 513 g/mol. The number of aliphatic imine (C=N–C) groups is 1. The van der Waals surface area contributed by atoms with E-state index in [0.29, 0.717) is 19.0 Å². The van der Waals surface area contributed by atoms with Gasteiger partial charge >= 0.3 is 0 Å². The van der Waals surface area contributed by atoms with Crippen molar-refractivity contribution in [2.24, 2.45) is 4.99 Å². The smallest absolute Gasteiger partial charge is 0.218 e. The van der Waals surface area contributed by atoms with E-state index in [2.05, 4.69) is 33.5 Å². The number of ether oxygens (including phenoxy) is 1. The maximum Gasteiger partial charge on any atom is 0.218 e. The van der Waals surface area contributed by atoms with Gasteiger partial charge in [0.2, 0.25) is 5.88 Å². The van der Waals surface area contributed by atoms with E-state index in [4.69, 9.17) is 14.1 Å². The third kappa shape index (κ3) is 6.88. The van der Waals surface area contributed by atoms with Gasteiger partial charge in [-0.15, -0.1) is 24.0 Å². The molecular formula is C21H32IN5O2. The summed E-state index contributed by atoms with van der Waals surface area (Å²) in [4.78, 5) is 11.5. The van der Waals surface area contributed by atoms with E-state index in [1.165, 1.54) is 12.8 Å². The van der Waals surface area contributed by atoms with Crippen LogP contribution in [0.2, 0.25) is 0 Å². The normalized spacial score (nSPS) is 15.6. The SMILES string of the molecule is CCNC(=NCc1cccnc1OCC)NCC(c1ccco1)N1CCCC1.I. The molecule has 2 N–H and O–H groups in total. The molecule has 3 rings (SSSR count). The first-order valence-electron chi connectivity index (χ1n) is 10.2. The van der Waals surface area contributed by atoms with Crippen LogP contribution >= 0.6 is 24.0 Å². The average molecular weight is 513 g/mol. The maximum atomic E-state index is 5.71. The van der Waals surface area contributed by atoms with E-state index >= 15 is 0 Å². The number of guanidine groups is 1. The van der Waals surface area contributed by atoms with E-state index in [0.717, 1.165) is 43.5 Å².